The summed E-state index contributed by atoms with van der Waals surface area (Å²) in [5.74, 6) is 0.153. The zero-order chi connectivity index (χ0) is 19.3. The number of halogens is 2. The van der Waals surface area contributed by atoms with Crippen LogP contribution in [0.1, 0.15) is 54.4 Å². The number of alkyl halides is 2. The number of aliphatic hydroxyl groups excluding tert-OH is 2. The van der Waals surface area contributed by atoms with Crippen LogP contribution in [0.2, 0.25) is 0 Å². The molecular formula is C21H26Cl2NO2Y-. The second kappa shape index (κ2) is 11.9. The second-order valence-corrected chi connectivity index (χ2v) is 8.01. The first-order chi connectivity index (χ1) is 12.4. The molecule has 6 heteroatoms. The van der Waals surface area contributed by atoms with Gasteiger partial charge in [-0.1, -0.05) is 30.7 Å². The van der Waals surface area contributed by atoms with Gasteiger partial charge in [-0.3, -0.25) is 0 Å². The number of allylic oxidation sites excluding steroid dienone is 2. The van der Waals surface area contributed by atoms with Crippen molar-refractivity contribution in [3.8, 4) is 0 Å². The molecule has 3 nitrogen and oxygen atoms in total. The van der Waals surface area contributed by atoms with Gasteiger partial charge in [-0.2, -0.15) is 6.42 Å². The molecule has 0 aliphatic heterocycles. The third kappa shape index (κ3) is 6.02. The quantitative estimate of drug-likeness (QED) is 0.307. The Morgan fingerprint density at radius 1 is 1.33 bits per heavy atom. The zero-order valence-electron chi connectivity index (χ0n) is 15.6. The van der Waals surface area contributed by atoms with Gasteiger partial charge in [0.05, 0.1) is 13.2 Å². The number of hydrogen-bond donors (Lipinski definition) is 2. The normalized spacial score (nSPS) is 26.0. The minimum absolute atomic E-state index is 0. The third-order valence-corrected chi connectivity index (χ3v) is 6.09. The topological polar surface area (TPSA) is 44.8 Å². The van der Waals surface area contributed by atoms with E-state index < -0.39 is 6.10 Å². The Labute approximate surface area is 197 Å². The summed E-state index contributed by atoms with van der Waals surface area (Å²) in [6.45, 7) is 12.9. The van der Waals surface area contributed by atoms with E-state index in [1.165, 1.54) is 0 Å². The Hall–Kier alpha value is 0.0539. The molecule has 1 aromatic carbocycles. The fourth-order valence-corrected chi connectivity index (χ4v) is 4.85. The van der Waals surface area contributed by atoms with Gasteiger partial charge in [0.1, 0.15) is 6.10 Å². The van der Waals surface area contributed by atoms with Gasteiger partial charge in [-0.15, -0.1) is 23.2 Å². The Morgan fingerprint density at radius 2 is 2.04 bits per heavy atom. The number of benzene rings is 1. The number of rotatable bonds is 7. The van der Waals surface area contributed by atoms with E-state index in [1.54, 1.807) is 6.07 Å². The average Bonchev–Trinajstić information content (AvgIpc) is 2.91. The number of hydrogen-bond acceptors (Lipinski definition) is 2. The Balaban J connectivity index is 0.00000364. The first-order valence-corrected chi connectivity index (χ1v) is 9.85. The van der Waals surface area contributed by atoms with Gasteiger partial charge in [0.15, 0.2) is 5.69 Å². The van der Waals surface area contributed by atoms with Gasteiger partial charge >= 0.3 is 0 Å². The minimum atomic E-state index is -0.984. The van der Waals surface area contributed by atoms with Gasteiger partial charge in [0.2, 0.25) is 0 Å². The van der Waals surface area contributed by atoms with Crippen LogP contribution in [-0.2, 0) is 32.7 Å². The fraction of sp³-hybridized carbons (Fsp3) is 0.524. The van der Waals surface area contributed by atoms with Crippen LogP contribution in [0.25, 0.3) is 4.85 Å². The SMILES string of the molecule is [C-]#[N+]c1cc(C(O)CO)c(C)cc1C1C(Cl)CC(Cl)C1C/C=C\CC[CH2-].[Y]. The number of aryl methyl sites for hydroxylation is 1. The summed E-state index contributed by atoms with van der Waals surface area (Å²) >= 11 is 13.2. The summed E-state index contributed by atoms with van der Waals surface area (Å²) in [5, 5.41) is 19.1. The number of aliphatic hydroxyl groups is 2. The van der Waals surface area contributed by atoms with Crippen LogP contribution in [0.5, 0.6) is 0 Å². The van der Waals surface area contributed by atoms with E-state index >= 15 is 0 Å². The van der Waals surface area contributed by atoms with Crippen LogP contribution in [0.4, 0.5) is 5.69 Å². The van der Waals surface area contributed by atoms with Crippen molar-refractivity contribution in [2.45, 2.75) is 55.4 Å². The van der Waals surface area contributed by atoms with Crippen LogP contribution in [-0.4, -0.2) is 27.6 Å². The van der Waals surface area contributed by atoms with E-state index in [4.69, 9.17) is 29.8 Å². The molecule has 1 fully saturated rings. The molecular weight excluding hydrogens is 458 g/mol. The summed E-state index contributed by atoms with van der Waals surface area (Å²) in [4.78, 5) is 3.67. The molecule has 0 bridgehead atoms. The van der Waals surface area contributed by atoms with Gasteiger partial charge in [-0.05, 0) is 48.3 Å². The summed E-state index contributed by atoms with van der Waals surface area (Å²) in [6.07, 6.45) is 6.61. The molecule has 1 aliphatic carbocycles. The zero-order valence-corrected chi connectivity index (χ0v) is 20.0. The first-order valence-electron chi connectivity index (χ1n) is 8.97. The van der Waals surface area contributed by atoms with E-state index in [0.717, 1.165) is 30.4 Å². The van der Waals surface area contributed by atoms with Crippen LogP contribution in [0, 0.1) is 26.3 Å². The predicted octanol–water partition coefficient (Wildman–Crippen LogP) is 5.45. The average molecular weight is 484 g/mol. The van der Waals surface area contributed by atoms with Crippen molar-refractivity contribution in [2.75, 3.05) is 6.61 Å². The molecule has 0 saturated heterocycles. The predicted molar refractivity (Wildman–Crippen MR) is 108 cm³/mol. The van der Waals surface area contributed by atoms with E-state index in [9.17, 15) is 10.2 Å². The van der Waals surface area contributed by atoms with Crippen molar-refractivity contribution >= 4 is 28.9 Å². The van der Waals surface area contributed by atoms with E-state index in [1.807, 2.05) is 13.0 Å². The summed E-state index contributed by atoms with van der Waals surface area (Å²) < 4.78 is 0. The van der Waals surface area contributed by atoms with Gasteiger partial charge < -0.3 is 17.1 Å². The molecule has 5 unspecified atom stereocenters. The van der Waals surface area contributed by atoms with Crippen LogP contribution < -0.4 is 0 Å². The second-order valence-electron chi connectivity index (χ2n) is 6.88. The third-order valence-electron chi connectivity index (χ3n) is 5.14. The molecule has 2 N–H and O–H groups in total. The first kappa shape index (κ1) is 25.1. The van der Waals surface area contributed by atoms with Crippen molar-refractivity contribution < 1.29 is 42.9 Å². The fourth-order valence-electron chi connectivity index (χ4n) is 3.79. The van der Waals surface area contributed by atoms with Crippen molar-refractivity contribution in [2.24, 2.45) is 5.92 Å². The summed E-state index contributed by atoms with van der Waals surface area (Å²) in [7, 11) is 0. The Bertz CT molecular complexity index is 689. The maximum Gasteiger partial charge on any atom is 0.191 e. The molecule has 5 atom stereocenters. The molecule has 145 valence electrons. The van der Waals surface area contributed by atoms with E-state index in [0.29, 0.717) is 17.7 Å². The van der Waals surface area contributed by atoms with Gasteiger partial charge in [-0.25, -0.2) is 4.85 Å². The molecule has 0 spiro atoms. The molecule has 27 heavy (non-hydrogen) atoms. The maximum absolute atomic E-state index is 9.98. The number of unbranched alkanes of at least 4 members (excludes halogenated alkanes) is 1. The molecule has 0 aromatic heterocycles. The van der Waals surface area contributed by atoms with Crippen molar-refractivity contribution in [1.29, 1.82) is 0 Å². The summed E-state index contributed by atoms with van der Waals surface area (Å²) in [5.41, 5.74) is 2.80. The maximum atomic E-state index is 9.98. The van der Waals surface area contributed by atoms with E-state index in [2.05, 4.69) is 23.9 Å². The van der Waals surface area contributed by atoms with E-state index in [-0.39, 0.29) is 61.9 Å². The molecule has 1 aliphatic rings. The molecule has 1 aromatic rings. The molecule has 2 rings (SSSR count). The molecule has 1 saturated carbocycles. The Morgan fingerprint density at radius 3 is 2.63 bits per heavy atom. The smallest absolute Gasteiger partial charge is 0.191 e. The van der Waals surface area contributed by atoms with Crippen molar-refractivity contribution in [3.63, 3.8) is 0 Å². The van der Waals surface area contributed by atoms with Crippen molar-refractivity contribution in [1.82, 2.24) is 0 Å². The number of nitrogens with zero attached hydrogens (tertiary/aromatic N) is 1. The van der Waals surface area contributed by atoms with Gasteiger partial charge in [0, 0.05) is 43.5 Å². The van der Waals surface area contributed by atoms with Crippen molar-refractivity contribution in [3.05, 3.63) is 59.3 Å². The molecule has 1 radical (unpaired) electrons. The minimum Gasteiger partial charge on any atom is -0.393 e. The molecule has 0 amide bonds. The molecule has 0 heterocycles. The van der Waals surface area contributed by atoms with Crippen LogP contribution in [0.15, 0.2) is 24.3 Å². The van der Waals surface area contributed by atoms with Crippen LogP contribution >= 0.6 is 23.2 Å². The summed E-state index contributed by atoms with van der Waals surface area (Å²) in [6, 6.07) is 3.61. The standard InChI is InChI=1S/C21H26Cl2NO2.Y/c1-4-5-6-7-8-14-17(22)11-18(23)21(14)16-9-13(2)15(20(26)12-25)10-19(16)24-3;/h6-7,9-10,14,17-18,20-21,25-26H,1,4-5,8,11-12H2,2H3;/q-1;/b7-6-;. The van der Waals surface area contributed by atoms with Gasteiger partial charge in [0.25, 0.3) is 0 Å². The Kier molecular flexibility index (Phi) is 11.1. The monoisotopic (exact) mass is 483 g/mol. The van der Waals surface area contributed by atoms with Crippen LogP contribution in [0.3, 0.4) is 0 Å². The largest absolute Gasteiger partial charge is 0.393 e.